The standard InChI is InChI=1S/C23H32O4/c1-23-7-6-18-17-5-3-15(25)8-13(17)2-4-19(18)22(23)21(26)10-20(23)14-9-16(11-24)27-12-14/h9,11-13,15,17-22,25-26H,2-8,10H2,1H3/t13-,15-,17+,18-,19-,20-,21-,22-,23-/m1/s1. The Morgan fingerprint density at radius 3 is 2.67 bits per heavy atom. The smallest absolute Gasteiger partial charge is 0.185 e. The second-order valence-electron chi connectivity index (χ2n) is 10.1. The number of furan rings is 1. The molecule has 4 nitrogen and oxygen atoms in total. The van der Waals surface area contributed by atoms with Crippen LogP contribution in [0.1, 0.15) is 80.3 Å². The van der Waals surface area contributed by atoms with Gasteiger partial charge < -0.3 is 14.6 Å². The van der Waals surface area contributed by atoms with E-state index in [1.807, 2.05) is 6.07 Å². The van der Waals surface area contributed by atoms with Crippen molar-refractivity contribution in [1.29, 1.82) is 0 Å². The summed E-state index contributed by atoms with van der Waals surface area (Å²) in [7, 11) is 0. The van der Waals surface area contributed by atoms with Crippen LogP contribution in [0.15, 0.2) is 16.7 Å². The molecule has 0 aliphatic heterocycles. The molecule has 4 aliphatic rings. The Balaban J connectivity index is 1.43. The average molecular weight is 373 g/mol. The second kappa shape index (κ2) is 6.45. The van der Waals surface area contributed by atoms with Gasteiger partial charge in [0.05, 0.1) is 18.5 Å². The van der Waals surface area contributed by atoms with Gasteiger partial charge in [0.2, 0.25) is 0 Å². The van der Waals surface area contributed by atoms with Gasteiger partial charge in [-0.25, -0.2) is 0 Å². The van der Waals surface area contributed by atoms with Crippen LogP contribution in [0, 0.1) is 35.0 Å². The molecule has 2 N–H and O–H groups in total. The predicted octanol–water partition coefficient (Wildman–Crippen LogP) is 4.16. The van der Waals surface area contributed by atoms with Crippen LogP contribution in [0.25, 0.3) is 0 Å². The molecule has 0 saturated heterocycles. The van der Waals surface area contributed by atoms with Crippen molar-refractivity contribution in [2.45, 2.75) is 76.4 Å². The molecule has 148 valence electrons. The number of aliphatic hydroxyl groups excluding tert-OH is 2. The molecule has 4 aliphatic carbocycles. The first-order valence-corrected chi connectivity index (χ1v) is 10.9. The maximum Gasteiger partial charge on any atom is 0.185 e. The SMILES string of the molecule is C[C@]12CC[C@H]3[C@@H](CC[C@@H]4C[C@H](O)CC[C@@H]43)[C@@H]1[C@H](O)C[C@@H]2c1coc(C=O)c1. The highest BCUT2D eigenvalue weighted by molar-refractivity contribution is 5.70. The maximum atomic E-state index is 11.1. The molecule has 1 aromatic heterocycles. The minimum atomic E-state index is -0.256. The van der Waals surface area contributed by atoms with Crippen LogP contribution in [-0.4, -0.2) is 28.7 Å². The molecule has 1 heterocycles. The average Bonchev–Trinajstić information content (AvgIpc) is 3.23. The first kappa shape index (κ1) is 17.9. The lowest BCUT2D eigenvalue weighted by molar-refractivity contribution is -0.0943. The van der Waals surface area contributed by atoms with Crippen LogP contribution in [0.2, 0.25) is 0 Å². The van der Waals surface area contributed by atoms with Crippen LogP contribution in [0.3, 0.4) is 0 Å². The third kappa shape index (κ3) is 2.66. The number of hydrogen-bond donors (Lipinski definition) is 2. The van der Waals surface area contributed by atoms with Gasteiger partial charge in [-0.1, -0.05) is 6.92 Å². The van der Waals surface area contributed by atoms with Gasteiger partial charge >= 0.3 is 0 Å². The molecule has 0 bridgehead atoms. The Morgan fingerprint density at radius 2 is 1.89 bits per heavy atom. The van der Waals surface area contributed by atoms with E-state index in [2.05, 4.69) is 6.92 Å². The lowest BCUT2D eigenvalue weighted by atomic mass is 9.49. The fourth-order valence-corrected chi connectivity index (χ4v) is 8.02. The molecule has 4 heteroatoms. The number of carbonyl (C=O) groups excluding carboxylic acids is 1. The Morgan fingerprint density at radius 1 is 1.07 bits per heavy atom. The molecule has 9 atom stereocenters. The van der Waals surface area contributed by atoms with Crippen molar-refractivity contribution in [1.82, 2.24) is 0 Å². The first-order chi connectivity index (χ1) is 13.0. The van der Waals surface area contributed by atoms with Crippen molar-refractivity contribution < 1.29 is 19.4 Å². The molecule has 1 aromatic rings. The van der Waals surface area contributed by atoms with Crippen molar-refractivity contribution in [2.24, 2.45) is 35.0 Å². The Labute approximate surface area is 161 Å². The zero-order chi connectivity index (χ0) is 18.8. The van der Waals surface area contributed by atoms with Crippen molar-refractivity contribution in [3.8, 4) is 0 Å². The molecule has 0 radical (unpaired) electrons. The van der Waals surface area contributed by atoms with Gasteiger partial charge in [0.25, 0.3) is 0 Å². The van der Waals surface area contributed by atoms with Gasteiger partial charge in [-0.05, 0) is 104 Å². The van der Waals surface area contributed by atoms with Crippen molar-refractivity contribution in [2.75, 3.05) is 0 Å². The van der Waals surface area contributed by atoms with Gasteiger partial charge in [0.15, 0.2) is 12.0 Å². The second-order valence-corrected chi connectivity index (χ2v) is 10.1. The van der Waals surface area contributed by atoms with E-state index in [0.29, 0.717) is 23.5 Å². The van der Waals surface area contributed by atoms with E-state index < -0.39 is 0 Å². The van der Waals surface area contributed by atoms with E-state index in [0.717, 1.165) is 49.4 Å². The largest absolute Gasteiger partial charge is 0.461 e. The monoisotopic (exact) mass is 372 g/mol. The highest BCUT2D eigenvalue weighted by atomic mass is 16.3. The number of rotatable bonds is 2. The van der Waals surface area contributed by atoms with Gasteiger partial charge in [0.1, 0.15) is 0 Å². The third-order valence-electron chi connectivity index (χ3n) is 9.07. The van der Waals surface area contributed by atoms with Crippen LogP contribution >= 0.6 is 0 Å². The minimum Gasteiger partial charge on any atom is -0.461 e. The summed E-state index contributed by atoms with van der Waals surface area (Å²) in [5, 5.41) is 21.2. The number of aliphatic hydroxyl groups is 2. The molecule has 0 aromatic carbocycles. The lowest BCUT2D eigenvalue weighted by Crippen LogP contribution is -2.50. The highest BCUT2D eigenvalue weighted by Gasteiger charge is 2.60. The molecule has 4 saturated carbocycles. The van der Waals surface area contributed by atoms with Crippen LogP contribution in [0.5, 0.6) is 0 Å². The zero-order valence-electron chi connectivity index (χ0n) is 16.2. The molecule has 4 fully saturated rings. The van der Waals surface area contributed by atoms with E-state index in [-0.39, 0.29) is 23.5 Å². The molecular formula is C23H32O4. The lowest BCUT2D eigenvalue weighted by Gasteiger charge is -2.56. The summed E-state index contributed by atoms with van der Waals surface area (Å²) in [4.78, 5) is 11.0. The first-order valence-electron chi connectivity index (χ1n) is 10.9. The molecule has 0 spiro atoms. The summed E-state index contributed by atoms with van der Waals surface area (Å²) >= 11 is 0. The Bertz CT molecular complexity index is 711. The fraction of sp³-hybridized carbons (Fsp3) is 0.783. The maximum absolute atomic E-state index is 11.1. The Kier molecular flexibility index (Phi) is 4.28. The van der Waals surface area contributed by atoms with Gasteiger partial charge in [-0.2, -0.15) is 0 Å². The van der Waals surface area contributed by atoms with Crippen LogP contribution < -0.4 is 0 Å². The van der Waals surface area contributed by atoms with Gasteiger partial charge in [0, 0.05) is 0 Å². The van der Waals surface area contributed by atoms with E-state index in [4.69, 9.17) is 4.42 Å². The predicted molar refractivity (Wildman–Crippen MR) is 101 cm³/mol. The molecule has 0 unspecified atom stereocenters. The van der Waals surface area contributed by atoms with Gasteiger partial charge in [-0.3, -0.25) is 4.79 Å². The van der Waals surface area contributed by atoms with Gasteiger partial charge in [-0.15, -0.1) is 0 Å². The van der Waals surface area contributed by atoms with Crippen molar-refractivity contribution in [3.05, 3.63) is 23.7 Å². The van der Waals surface area contributed by atoms with E-state index >= 15 is 0 Å². The summed E-state index contributed by atoms with van der Waals surface area (Å²) < 4.78 is 5.40. The molecule has 27 heavy (non-hydrogen) atoms. The topological polar surface area (TPSA) is 70.7 Å². The molecular weight excluding hydrogens is 340 g/mol. The summed E-state index contributed by atoms with van der Waals surface area (Å²) in [5.41, 5.74) is 1.18. The normalized spacial score (nSPS) is 49.1. The van der Waals surface area contributed by atoms with Crippen molar-refractivity contribution in [3.63, 3.8) is 0 Å². The third-order valence-corrected chi connectivity index (χ3v) is 9.07. The zero-order valence-corrected chi connectivity index (χ0v) is 16.2. The molecule has 5 rings (SSSR count). The summed E-state index contributed by atoms with van der Waals surface area (Å²) in [6.45, 7) is 2.37. The highest BCUT2D eigenvalue weighted by Crippen LogP contribution is 2.66. The number of hydrogen-bond acceptors (Lipinski definition) is 4. The Hall–Kier alpha value is -1.13. The fourth-order valence-electron chi connectivity index (χ4n) is 8.02. The van der Waals surface area contributed by atoms with E-state index in [1.165, 1.54) is 25.7 Å². The quantitative estimate of drug-likeness (QED) is 0.765. The van der Waals surface area contributed by atoms with E-state index in [9.17, 15) is 15.0 Å². The number of aldehydes is 1. The molecule has 0 amide bonds. The number of carbonyl (C=O) groups is 1. The van der Waals surface area contributed by atoms with E-state index in [1.54, 1.807) is 6.26 Å². The van der Waals surface area contributed by atoms with Crippen molar-refractivity contribution >= 4 is 6.29 Å². The number of fused-ring (bicyclic) bond motifs is 5. The van der Waals surface area contributed by atoms with Crippen LogP contribution in [-0.2, 0) is 0 Å². The summed E-state index contributed by atoms with van der Waals surface area (Å²) in [6.07, 6.45) is 10.9. The minimum absolute atomic E-state index is 0.0889. The summed E-state index contributed by atoms with van der Waals surface area (Å²) in [6, 6.07) is 1.88. The summed E-state index contributed by atoms with van der Waals surface area (Å²) in [5.74, 6) is 3.79. The van der Waals surface area contributed by atoms with Crippen LogP contribution in [0.4, 0.5) is 0 Å².